The average molecular weight is 261 g/mol. The summed E-state index contributed by atoms with van der Waals surface area (Å²) in [4.78, 5) is 16.0. The van der Waals surface area contributed by atoms with Crippen LogP contribution >= 0.6 is 0 Å². The minimum absolute atomic E-state index is 0.0297. The van der Waals surface area contributed by atoms with E-state index in [9.17, 15) is 4.79 Å². The summed E-state index contributed by atoms with van der Waals surface area (Å²) in [6, 6.07) is 6.27. The zero-order valence-electron chi connectivity index (χ0n) is 12.1. The zero-order valence-corrected chi connectivity index (χ0v) is 12.1. The topological polar surface area (TPSA) is 35.6 Å². The van der Waals surface area contributed by atoms with E-state index in [0.717, 1.165) is 24.3 Å². The van der Waals surface area contributed by atoms with E-state index in [1.165, 1.54) is 18.5 Å². The van der Waals surface area contributed by atoms with Gasteiger partial charge in [0, 0.05) is 24.5 Å². The van der Waals surface area contributed by atoms with E-state index in [1.54, 1.807) is 0 Å². The molecule has 1 heterocycles. The van der Waals surface area contributed by atoms with Crippen molar-refractivity contribution in [3.8, 4) is 0 Å². The van der Waals surface area contributed by atoms with Gasteiger partial charge in [0.1, 0.15) is 0 Å². The summed E-state index contributed by atoms with van der Waals surface area (Å²) in [6.45, 7) is 4.75. The molecule has 1 N–H and O–H groups in total. The van der Waals surface area contributed by atoms with Crippen LogP contribution in [-0.4, -0.2) is 44.5 Å². The number of hydrogen-bond donors (Lipinski definition) is 1. The Labute approximate surface area is 115 Å². The number of nitrogens with one attached hydrogen (secondary N) is 1. The van der Waals surface area contributed by atoms with Crippen molar-refractivity contribution in [1.82, 2.24) is 4.90 Å². The molecule has 1 aromatic carbocycles. The average Bonchev–Trinajstić information content (AvgIpc) is 2.84. The minimum atomic E-state index is 0.0297. The monoisotopic (exact) mass is 261 g/mol. The normalized spacial score (nSPS) is 15.1. The fourth-order valence-electron chi connectivity index (χ4n) is 2.44. The molecule has 1 amide bonds. The van der Waals surface area contributed by atoms with Crippen molar-refractivity contribution in [3.05, 3.63) is 23.8 Å². The maximum atomic E-state index is 11.8. The molecule has 0 spiro atoms. The van der Waals surface area contributed by atoms with Crippen molar-refractivity contribution in [2.24, 2.45) is 0 Å². The molecule has 0 unspecified atom stereocenters. The van der Waals surface area contributed by atoms with Crippen LogP contribution in [0.15, 0.2) is 18.2 Å². The Kier molecular flexibility index (Phi) is 4.43. The van der Waals surface area contributed by atoms with Gasteiger partial charge in [0.2, 0.25) is 5.91 Å². The van der Waals surface area contributed by atoms with Crippen molar-refractivity contribution in [3.63, 3.8) is 0 Å². The number of likely N-dealkylation sites (N-methyl/N-ethyl adjacent to an activating group) is 1. The highest BCUT2D eigenvalue weighted by atomic mass is 16.2. The molecule has 1 aliphatic rings. The Bertz CT molecular complexity index is 451. The summed E-state index contributed by atoms with van der Waals surface area (Å²) >= 11 is 0. The number of amides is 1. The van der Waals surface area contributed by atoms with Crippen LogP contribution < -0.4 is 10.2 Å². The van der Waals surface area contributed by atoms with E-state index in [4.69, 9.17) is 0 Å². The molecule has 0 atom stereocenters. The number of carbonyl (C=O) groups is 1. The van der Waals surface area contributed by atoms with Gasteiger partial charge in [0.25, 0.3) is 0 Å². The quantitative estimate of drug-likeness (QED) is 0.901. The summed E-state index contributed by atoms with van der Waals surface area (Å²) in [7, 11) is 3.78. The lowest BCUT2D eigenvalue weighted by molar-refractivity contribution is -0.116. The molecule has 4 heteroatoms. The Morgan fingerprint density at radius 1 is 1.32 bits per heavy atom. The molecule has 0 radical (unpaired) electrons. The highest BCUT2D eigenvalue weighted by Gasteiger charge is 2.13. The second-order valence-corrected chi connectivity index (χ2v) is 5.48. The van der Waals surface area contributed by atoms with Crippen LogP contribution in [0.25, 0.3) is 0 Å². The van der Waals surface area contributed by atoms with Gasteiger partial charge < -0.3 is 15.1 Å². The molecule has 1 aliphatic heterocycles. The van der Waals surface area contributed by atoms with Gasteiger partial charge in [-0.1, -0.05) is 0 Å². The van der Waals surface area contributed by atoms with Crippen molar-refractivity contribution in [1.29, 1.82) is 0 Å². The SMILES string of the molecule is Cc1cc(N2CCCC2)ccc1NC(=O)CN(C)C. The van der Waals surface area contributed by atoms with Crippen LogP contribution in [0, 0.1) is 6.92 Å². The fraction of sp³-hybridized carbons (Fsp3) is 0.533. The second-order valence-electron chi connectivity index (χ2n) is 5.48. The first kappa shape index (κ1) is 13.9. The lowest BCUT2D eigenvalue weighted by Gasteiger charge is -2.19. The number of nitrogens with zero attached hydrogens (tertiary/aromatic N) is 2. The summed E-state index contributed by atoms with van der Waals surface area (Å²) < 4.78 is 0. The maximum Gasteiger partial charge on any atom is 0.238 e. The Morgan fingerprint density at radius 3 is 2.58 bits per heavy atom. The summed E-state index contributed by atoms with van der Waals surface area (Å²) in [5.41, 5.74) is 3.30. The van der Waals surface area contributed by atoms with Crippen LogP contribution in [0.4, 0.5) is 11.4 Å². The van der Waals surface area contributed by atoms with Crippen LogP contribution in [0.2, 0.25) is 0 Å². The summed E-state index contributed by atoms with van der Waals surface area (Å²) in [5, 5.41) is 2.96. The number of anilines is 2. The van der Waals surface area contributed by atoms with Crippen LogP contribution in [0.5, 0.6) is 0 Å². The molecule has 0 bridgehead atoms. The van der Waals surface area contributed by atoms with E-state index in [1.807, 2.05) is 32.0 Å². The highest BCUT2D eigenvalue weighted by Crippen LogP contribution is 2.25. The van der Waals surface area contributed by atoms with Gasteiger partial charge in [-0.15, -0.1) is 0 Å². The minimum Gasteiger partial charge on any atom is -0.372 e. The fourth-order valence-corrected chi connectivity index (χ4v) is 2.44. The number of aryl methyl sites for hydroxylation is 1. The highest BCUT2D eigenvalue weighted by molar-refractivity contribution is 5.93. The standard InChI is InChI=1S/C15H23N3O/c1-12-10-13(18-8-4-5-9-18)6-7-14(12)16-15(19)11-17(2)3/h6-7,10H,4-5,8-9,11H2,1-3H3,(H,16,19). The van der Waals surface area contributed by atoms with E-state index in [0.29, 0.717) is 6.54 Å². The van der Waals surface area contributed by atoms with Crippen LogP contribution in [0.3, 0.4) is 0 Å². The first-order valence-electron chi connectivity index (χ1n) is 6.86. The molecule has 104 valence electrons. The molecule has 0 aliphatic carbocycles. The largest absolute Gasteiger partial charge is 0.372 e. The molecule has 0 saturated carbocycles. The lowest BCUT2D eigenvalue weighted by Crippen LogP contribution is -2.27. The third-order valence-electron chi connectivity index (χ3n) is 3.42. The van der Waals surface area contributed by atoms with Gasteiger partial charge in [0.15, 0.2) is 0 Å². The van der Waals surface area contributed by atoms with Crippen molar-refractivity contribution >= 4 is 17.3 Å². The molecule has 1 aromatic rings. The Balaban J connectivity index is 2.04. The zero-order chi connectivity index (χ0) is 13.8. The van der Waals surface area contributed by atoms with Gasteiger partial charge in [-0.25, -0.2) is 0 Å². The van der Waals surface area contributed by atoms with Crippen LogP contribution in [0.1, 0.15) is 18.4 Å². The van der Waals surface area contributed by atoms with E-state index >= 15 is 0 Å². The van der Waals surface area contributed by atoms with Crippen molar-refractivity contribution < 1.29 is 4.79 Å². The van der Waals surface area contributed by atoms with Gasteiger partial charge in [0.05, 0.1) is 6.54 Å². The summed E-state index contributed by atoms with van der Waals surface area (Å²) in [6.07, 6.45) is 2.56. The molecule has 0 aromatic heterocycles. The number of hydrogen-bond acceptors (Lipinski definition) is 3. The van der Waals surface area contributed by atoms with Gasteiger partial charge >= 0.3 is 0 Å². The van der Waals surface area contributed by atoms with Crippen molar-refractivity contribution in [2.45, 2.75) is 19.8 Å². The number of benzene rings is 1. The molecule has 1 saturated heterocycles. The van der Waals surface area contributed by atoms with E-state index < -0.39 is 0 Å². The van der Waals surface area contributed by atoms with E-state index in [-0.39, 0.29) is 5.91 Å². The molecular weight excluding hydrogens is 238 g/mol. The predicted molar refractivity (Wildman–Crippen MR) is 79.8 cm³/mol. The van der Waals surface area contributed by atoms with Gasteiger partial charge in [-0.3, -0.25) is 4.79 Å². The Morgan fingerprint density at radius 2 is 2.00 bits per heavy atom. The smallest absolute Gasteiger partial charge is 0.238 e. The van der Waals surface area contributed by atoms with Gasteiger partial charge in [-0.2, -0.15) is 0 Å². The van der Waals surface area contributed by atoms with Crippen LogP contribution in [-0.2, 0) is 4.79 Å². The van der Waals surface area contributed by atoms with Crippen molar-refractivity contribution in [2.75, 3.05) is 43.9 Å². The molecule has 1 fully saturated rings. The molecule has 19 heavy (non-hydrogen) atoms. The third kappa shape index (κ3) is 3.70. The number of carbonyl (C=O) groups excluding carboxylic acids is 1. The third-order valence-corrected chi connectivity index (χ3v) is 3.42. The molecule has 4 nitrogen and oxygen atoms in total. The maximum absolute atomic E-state index is 11.8. The number of rotatable bonds is 4. The first-order valence-corrected chi connectivity index (χ1v) is 6.86. The van der Waals surface area contributed by atoms with E-state index in [2.05, 4.69) is 22.3 Å². The Hall–Kier alpha value is -1.55. The summed E-state index contributed by atoms with van der Waals surface area (Å²) in [5.74, 6) is 0.0297. The van der Waals surface area contributed by atoms with Gasteiger partial charge in [-0.05, 0) is 57.6 Å². The second kappa shape index (κ2) is 6.06. The molecule has 2 rings (SSSR count). The first-order chi connectivity index (χ1) is 9.06. The predicted octanol–water partition coefficient (Wildman–Crippen LogP) is 2.10. The lowest BCUT2D eigenvalue weighted by atomic mass is 10.1. The molecular formula is C15H23N3O.